The molecule has 3 nitrogen and oxygen atoms in total. The molecular weight excluding hydrogens is 168 g/mol. The van der Waals surface area contributed by atoms with E-state index in [2.05, 4.69) is 13.8 Å². The van der Waals surface area contributed by atoms with Gasteiger partial charge in [0, 0.05) is 14.2 Å². The third-order valence-electron chi connectivity index (χ3n) is 2.16. The van der Waals surface area contributed by atoms with E-state index in [0.29, 0.717) is 12.3 Å². The van der Waals surface area contributed by atoms with Crippen molar-refractivity contribution >= 4 is 0 Å². The molecule has 0 rings (SSSR count). The van der Waals surface area contributed by atoms with Crippen LogP contribution in [0.1, 0.15) is 33.6 Å². The molecule has 1 N–H and O–H groups in total. The molecule has 0 aromatic heterocycles. The van der Waals surface area contributed by atoms with Crippen molar-refractivity contribution in [2.45, 2.75) is 45.5 Å². The molecule has 1 atom stereocenters. The van der Waals surface area contributed by atoms with Crippen LogP contribution >= 0.6 is 0 Å². The summed E-state index contributed by atoms with van der Waals surface area (Å²) in [7, 11) is 3.08. The number of rotatable bonds is 6. The van der Waals surface area contributed by atoms with Gasteiger partial charge in [0.05, 0.1) is 0 Å². The second-order valence-corrected chi connectivity index (χ2v) is 4.09. The van der Waals surface area contributed by atoms with Crippen LogP contribution in [-0.4, -0.2) is 31.2 Å². The number of ether oxygens (including phenoxy) is 2. The average Bonchev–Trinajstić information content (AvgIpc) is 2.03. The smallest absolute Gasteiger partial charge is 0.185 e. The maximum absolute atomic E-state index is 9.97. The largest absolute Gasteiger partial charge is 0.385 e. The Hall–Kier alpha value is -0.120. The summed E-state index contributed by atoms with van der Waals surface area (Å²) in [6, 6.07) is 0. The zero-order valence-electron chi connectivity index (χ0n) is 9.33. The van der Waals surface area contributed by atoms with E-state index in [1.165, 1.54) is 14.2 Å². The van der Waals surface area contributed by atoms with Crippen molar-refractivity contribution in [1.29, 1.82) is 0 Å². The molecule has 0 heterocycles. The lowest BCUT2D eigenvalue weighted by atomic mass is 9.95. The first kappa shape index (κ1) is 12.9. The lowest BCUT2D eigenvalue weighted by Crippen LogP contribution is -2.42. The van der Waals surface area contributed by atoms with E-state index in [1.807, 2.05) is 0 Å². The Morgan fingerprint density at radius 3 is 2.00 bits per heavy atom. The summed E-state index contributed by atoms with van der Waals surface area (Å²) in [5.41, 5.74) is -0.895. The van der Waals surface area contributed by atoms with E-state index in [1.54, 1.807) is 6.92 Å². The second kappa shape index (κ2) is 5.58. The van der Waals surface area contributed by atoms with Gasteiger partial charge in [-0.25, -0.2) is 0 Å². The fourth-order valence-electron chi connectivity index (χ4n) is 1.30. The number of aliphatic hydroxyl groups is 1. The van der Waals surface area contributed by atoms with Gasteiger partial charge in [0.2, 0.25) is 0 Å². The number of hydrogen-bond donors (Lipinski definition) is 1. The Balaban J connectivity index is 4.03. The van der Waals surface area contributed by atoms with Crippen LogP contribution in [0.3, 0.4) is 0 Å². The minimum Gasteiger partial charge on any atom is -0.385 e. The van der Waals surface area contributed by atoms with Crippen LogP contribution in [0.5, 0.6) is 0 Å². The highest BCUT2D eigenvalue weighted by atomic mass is 16.7. The van der Waals surface area contributed by atoms with Crippen molar-refractivity contribution in [3.05, 3.63) is 0 Å². The molecule has 0 saturated carbocycles. The van der Waals surface area contributed by atoms with Crippen LogP contribution in [-0.2, 0) is 9.47 Å². The van der Waals surface area contributed by atoms with Gasteiger partial charge in [-0.3, -0.25) is 0 Å². The van der Waals surface area contributed by atoms with Crippen molar-refractivity contribution in [3.8, 4) is 0 Å². The Kier molecular flexibility index (Phi) is 5.53. The third-order valence-corrected chi connectivity index (χ3v) is 2.16. The predicted octanol–water partition coefficient (Wildman–Crippen LogP) is 1.79. The molecule has 0 aliphatic carbocycles. The molecule has 3 heteroatoms. The van der Waals surface area contributed by atoms with Crippen LogP contribution in [0.25, 0.3) is 0 Å². The highest BCUT2D eigenvalue weighted by Gasteiger charge is 2.31. The van der Waals surface area contributed by atoms with E-state index in [-0.39, 0.29) is 0 Å². The molecule has 0 aliphatic rings. The van der Waals surface area contributed by atoms with E-state index in [9.17, 15) is 5.11 Å². The molecule has 80 valence electrons. The van der Waals surface area contributed by atoms with Crippen molar-refractivity contribution in [1.82, 2.24) is 0 Å². The van der Waals surface area contributed by atoms with E-state index in [4.69, 9.17) is 9.47 Å². The van der Waals surface area contributed by atoms with Crippen molar-refractivity contribution in [3.63, 3.8) is 0 Å². The molecule has 0 radical (unpaired) electrons. The lowest BCUT2D eigenvalue weighted by molar-refractivity contribution is -0.211. The Morgan fingerprint density at radius 1 is 1.23 bits per heavy atom. The van der Waals surface area contributed by atoms with Gasteiger partial charge in [-0.15, -0.1) is 0 Å². The molecule has 0 amide bonds. The van der Waals surface area contributed by atoms with Gasteiger partial charge in [0.25, 0.3) is 0 Å². The first-order valence-electron chi connectivity index (χ1n) is 4.72. The summed E-state index contributed by atoms with van der Waals surface area (Å²) in [4.78, 5) is 0. The van der Waals surface area contributed by atoms with Crippen molar-refractivity contribution < 1.29 is 14.6 Å². The van der Waals surface area contributed by atoms with Crippen LogP contribution in [0.4, 0.5) is 0 Å². The van der Waals surface area contributed by atoms with E-state index in [0.717, 1.165) is 6.42 Å². The summed E-state index contributed by atoms with van der Waals surface area (Å²) >= 11 is 0. The maximum Gasteiger partial charge on any atom is 0.185 e. The van der Waals surface area contributed by atoms with Gasteiger partial charge in [0.1, 0.15) is 5.60 Å². The molecule has 1 unspecified atom stereocenters. The summed E-state index contributed by atoms with van der Waals surface area (Å²) in [5, 5.41) is 9.97. The molecule has 0 aromatic rings. The van der Waals surface area contributed by atoms with Crippen LogP contribution < -0.4 is 0 Å². The van der Waals surface area contributed by atoms with Crippen LogP contribution in [0.2, 0.25) is 0 Å². The van der Waals surface area contributed by atoms with Crippen LogP contribution in [0, 0.1) is 5.92 Å². The fourth-order valence-corrected chi connectivity index (χ4v) is 1.30. The van der Waals surface area contributed by atoms with Gasteiger partial charge >= 0.3 is 0 Å². The zero-order chi connectivity index (χ0) is 10.5. The highest BCUT2D eigenvalue weighted by molar-refractivity contribution is 4.77. The number of hydrogen-bond acceptors (Lipinski definition) is 3. The Labute approximate surface area is 81.0 Å². The third kappa shape index (κ3) is 4.60. The standard InChI is InChI=1S/C10H22O3/c1-8(2)6-7-10(3,11)9(12-4)13-5/h8-9,11H,6-7H2,1-5H3. The zero-order valence-corrected chi connectivity index (χ0v) is 9.33. The van der Waals surface area contributed by atoms with E-state index >= 15 is 0 Å². The van der Waals surface area contributed by atoms with Crippen molar-refractivity contribution in [2.24, 2.45) is 5.92 Å². The molecule has 0 aromatic carbocycles. The summed E-state index contributed by atoms with van der Waals surface area (Å²) in [6.45, 7) is 6.00. The second-order valence-electron chi connectivity index (χ2n) is 4.09. The normalized spacial score (nSPS) is 16.6. The van der Waals surface area contributed by atoms with E-state index < -0.39 is 11.9 Å². The molecule has 0 saturated heterocycles. The molecule has 0 fully saturated rings. The minimum absolute atomic E-state index is 0.536. The first-order chi connectivity index (χ1) is 5.94. The Bertz CT molecular complexity index is 128. The van der Waals surface area contributed by atoms with Gasteiger partial charge in [-0.1, -0.05) is 13.8 Å². The van der Waals surface area contributed by atoms with Gasteiger partial charge in [-0.05, 0) is 25.7 Å². The van der Waals surface area contributed by atoms with Crippen LogP contribution in [0.15, 0.2) is 0 Å². The molecular formula is C10H22O3. The monoisotopic (exact) mass is 190 g/mol. The van der Waals surface area contributed by atoms with Gasteiger partial charge < -0.3 is 14.6 Å². The summed E-state index contributed by atoms with van der Waals surface area (Å²) in [6.07, 6.45) is 1.12. The molecule has 0 aliphatic heterocycles. The maximum atomic E-state index is 9.97. The predicted molar refractivity (Wildman–Crippen MR) is 52.5 cm³/mol. The topological polar surface area (TPSA) is 38.7 Å². The van der Waals surface area contributed by atoms with Crippen molar-refractivity contribution in [2.75, 3.05) is 14.2 Å². The fraction of sp³-hybridized carbons (Fsp3) is 1.00. The van der Waals surface area contributed by atoms with Gasteiger partial charge in [0.15, 0.2) is 6.29 Å². The quantitative estimate of drug-likeness (QED) is 0.649. The molecule has 0 spiro atoms. The van der Waals surface area contributed by atoms with Gasteiger partial charge in [-0.2, -0.15) is 0 Å². The minimum atomic E-state index is -0.895. The average molecular weight is 190 g/mol. The summed E-state index contributed by atoms with van der Waals surface area (Å²) < 4.78 is 10.0. The molecule has 0 bridgehead atoms. The first-order valence-corrected chi connectivity index (χ1v) is 4.72. The summed E-state index contributed by atoms with van der Waals surface area (Å²) in [5.74, 6) is 0.584. The Morgan fingerprint density at radius 2 is 1.69 bits per heavy atom. The number of methoxy groups -OCH3 is 2. The lowest BCUT2D eigenvalue weighted by Gasteiger charge is -2.31. The highest BCUT2D eigenvalue weighted by Crippen LogP contribution is 2.22. The SMILES string of the molecule is COC(OC)C(C)(O)CCC(C)C. The molecule has 13 heavy (non-hydrogen) atoms.